The molecule has 0 aromatic carbocycles. The second-order valence-corrected chi connectivity index (χ2v) is 5.38. The molecule has 1 fully saturated rings. The lowest BCUT2D eigenvalue weighted by molar-refractivity contribution is 0.0713. The summed E-state index contributed by atoms with van der Waals surface area (Å²) in [6.07, 6.45) is 1.81. The van der Waals surface area contributed by atoms with E-state index in [1.165, 1.54) is 0 Å². The number of aryl methyl sites for hydroxylation is 1. The first kappa shape index (κ1) is 12.2. The third-order valence-corrected chi connectivity index (χ3v) is 4.04. The van der Waals surface area contributed by atoms with Gasteiger partial charge in [0.2, 0.25) is 0 Å². The fourth-order valence-electron chi connectivity index (χ4n) is 2.18. The van der Waals surface area contributed by atoms with Gasteiger partial charge in [0.1, 0.15) is 5.76 Å². The zero-order chi connectivity index (χ0) is 13.2. The zero-order valence-corrected chi connectivity index (χ0v) is 11.5. The van der Waals surface area contributed by atoms with Crippen molar-refractivity contribution in [3.8, 4) is 0 Å². The molecule has 3 rings (SSSR count). The van der Waals surface area contributed by atoms with E-state index in [0.717, 1.165) is 24.0 Å². The van der Waals surface area contributed by atoms with Gasteiger partial charge in [-0.3, -0.25) is 4.79 Å². The van der Waals surface area contributed by atoms with E-state index in [4.69, 9.17) is 4.42 Å². The minimum absolute atomic E-state index is 0.0214. The second-order valence-electron chi connectivity index (χ2n) is 4.50. The van der Waals surface area contributed by atoms with Crippen LogP contribution in [-0.2, 0) is 0 Å². The Hall–Kier alpha value is -1.82. The van der Waals surface area contributed by atoms with Gasteiger partial charge in [0.05, 0.1) is 0 Å². The molecule has 1 aliphatic rings. The highest BCUT2D eigenvalue weighted by Gasteiger charge is 2.24. The van der Waals surface area contributed by atoms with Crippen molar-refractivity contribution in [2.24, 2.45) is 0 Å². The number of furan rings is 1. The topological polar surface area (TPSA) is 49.6 Å². The molecule has 2 aromatic rings. The average Bonchev–Trinajstić information content (AvgIpc) is 3.09. The van der Waals surface area contributed by atoms with E-state index in [0.29, 0.717) is 18.8 Å². The predicted molar refractivity (Wildman–Crippen MR) is 73.7 cm³/mol. The van der Waals surface area contributed by atoms with Gasteiger partial charge in [-0.2, -0.15) is 0 Å². The lowest BCUT2D eigenvalue weighted by atomic mass is 10.3. The van der Waals surface area contributed by atoms with Crippen LogP contribution in [0.15, 0.2) is 28.1 Å². The highest BCUT2D eigenvalue weighted by atomic mass is 32.1. The fourth-order valence-corrected chi connectivity index (χ4v) is 2.88. The molecule has 1 amide bonds. The molecule has 0 N–H and O–H groups in total. The Balaban J connectivity index is 1.62. The summed E-state index contributed by atoms with van der Waals surface area (Å²) >= 11 is 1.63. The van der Waals surface area contributed by atoms with Crippen LogP contribution in [0.2, 0.25) is 0 Å². The number of aromatic nitrogens is 1. The van der Waals surface area contributed by atoms with E-state index in [9.17, 15) is 4.79 Å². The van der Waals surface area contributed by atoms with Gasteiger partial charge < -0.3 is 14.2 Å². The second kappa shape index (κ2) is 5.05. The van der Waals surface area contributed by atoms with Gasteiger partial charge in [-0.25, -0.2) is 4.98 Å². The first-order valence-electron chi connectivity index (χ1n) is 6.24. The smallest absolute Gasteiger partial charge is 0.289 e. The summed E-state index contributed by atoms with van der Waals surface area (Å²) in [5.41, 5.74) is 0. The van der Waals surface area contributed by atoms with Crippen molar-refractivity contribution in [1.82, 2.24) is 9.88 Å². The molecular weight excluding hydrogens is 262 g/mol. The lowest BCUT2D eigenvalue weighted by Crippen LogP contribution is -2.48. The minimum Gasteiger partial charge on any atom is -0.456 e. The predicted octanol–water partition coefficient (Wildman–Crippen LogP) is 2.01. The fraction of sp³-hybridized carbons (Fsp3) is 0.385. The van der Waals surface area contributed by atoms with Crippen LogP contribution in [0.4, 0.5) is 5.13 Å². The summed E-state index contributed by atoms with van der Waals surface area (Å²) in [6.45, 7) is 4.89. The number of amides is 1. The maximum atomic E-state index is 12.2. The molecule has 5 nitrogen and oxygen atoms in total. The van der Waals surface area contributed by atoms with Gasteiger partial charge in [0, 0.05) is 37.8 Å². The molecule has 3 heterocycles. The molecule has 1 aliphatic heterocycles. The molecule has 1 saturated heterocycles. The number of carbonyl (C=O) groups excluding carboxylic acids is 1. The van der Waals surface area contributed by atoms with Crippen molar-refractivity contribution in [2.45, 2.75) is 6.92 Å². The van der Waals surface area contributed by atoms with Crippen LogP contribution < -0.4 is 4.90 Å². The van der Waals surface area contributed by atoms with E-state index in [1.54, 1.807) is 17.4 Å². The molecule has 19 heavy (non-hydrogen) atoms. The number of hydrogen-bond donors (Lipinski definition) is 0. The summed E-state index contributed by atoms with van der Waals surface area (Å²) < 4.78 is 5.38. The van der Waals surface area contributed by atoms with Crippen molar-refractivity contribution in [3.05, 3.63) is 35.2 Å². The SMILES string of the molecule is Cc1ccc(C(=O)N2CCN(c3nccs3)CC2)o1. The number of rotatable bonds is 2. The van der Waals surface area contributed by atoms with E-state index in [-0.39, 0.29) is 5.91 Å². The van der Waals surface area contributed by atoms with Crippen LogP contribution in [0.3, 0.4) is 0 Å². The maximum Gasteiger partial charge on any atom is 0.289 e. The molecule has 0 saturated carbocycles. The summed E-state index contributed by atoms with van der Waals surface area (Å²) in [6, 6.07) is 3.56. The number of anilines is 1. The number of hydrogen-bond acceptors (Lipinski definition) is 5. The Morgan fingerprint density at radius 2 is 2.11 bits per heavy atom. The lowest BCUT2D eigenvalue weighted by Gasteiger charge is -2.34. The number of carbonyl (C=O) groups is 1. The molecule has 0 unspecified atom stereocenters. The molecule has 0 radical (unpaired) electrons. The summed E-state index contributed by atoms with van der Waals surface area (Å²) in [4.78, 5) is 20.5. The Labute approximate surface area is 115 Å². The summed E-state index contributed by atoms with van der Waals surface area (Å²) in [5.74, 6) is 1.18. The largest absolute Gasteiger partial charge is 0.456 e. The molecule has 0 aliphatic carbocycles. The zero-order valence-electron chi connectivity index (χ0n) is 10.7. The first-order valence-corrected chi connectivity index (χ1v) is 7.12. The normalized spacial score (nSPS) is 15.8. The van der Waals surface area contributed by atoms with Gasteiger partial charge in [0.15, 0.2) is 10.9 Å². The first-order chi connectivity index (χ1) is 9.24. The van der Waals surface area contributed by atoms with Crippen molar-refractivity contribution >= 4 is 22.4 Å². The molecule has 0 atom stereocenters. The van der Waals surface area contributed by atoms with Gasteiger partial charge in [-0.1, -0.05) is 0 Å². The van der Waals surface area contributed by atoms with Crippen LogP contribution in [0.25, 0.3) is 0 Å². The Morgan fingerprint density at radius 1 is 1.32 bits per heavy atom. The Kier molecular flexibility index (Phi) is 3.25. The van der Waals surface area contributed by atoms with E-state index in [2.05, 4.69) is 9.88 Å². The summed E-state index contributed by atoms with van der Waals surface area (Å²) in [5, 5.41) is 3.00. The third kappa shape index (κ3) is 2.49. The van der Waals surface area contributed by atoms with Crippen LogP contribution in [0.1, 0.15) is 16.3 Å². The average molecular weight is 277 g/mol. The van der Waals surface area contributed by atoms with Gasteiger partial charge in [-0.15, -0.1) is 11.3 Å². The number of nitrogens with zero attached hydrogens (tertiary/aromatic N) is 3. The quantitative estimate of drug-likeness (QED) is 0.842. The molecular formula is C13H15N3O2S. The third-order valence-electron chi connectivity index (χ3n) is 3.21. The van der Waals surface area contributed by atoms with Crippen LogP contribution in [-0.4, -0.2) is 42.0 Å². The molecule has 0 spiro atoms. The molecule has 2 aromatic heterocycles. The van der Waals surface area contributed by atoms with Crippen LogP contribution in [0, 0.1) is 6.92 Å². The van der Waals surface area contributed by atoms with Gasteiger partial charge in [-0.05, 0) is 19.1 Å². The van der Waals surface area contributed by atoms with E-state index < -0.39 is 0 Å². The Bertz CT molecular complexity index is 556. The molecule has 100 valence electrons. The van der Waals surface area contributed by atoms with E-state index in [1.807, 2.05) is 29.5 Å². The highest BCUT2D eigenvalue weighted by Crippen LogP contribution is 2.19. The van der Waals surface area contributed by atoms with Gasteiger partial charge in [0.25, 0.3) is 5.91 Å². The highest BCUT2D eigenvalue weighted by molar-refractivity contribution is 7.13. The number of thiazole rings is 1. The van der Waals surface area contributed by atoms with Gasteiger partial charge >= 0.3 is 0 Å². The van der Waals surface area contributed by atoms with Crippen molar-refractivity contribution in [3.63, 3.8) is 0 Å². The maximum absolute atomic E-state index is 12.2. The van der Waals surface area contributed by atoms with Crippen LogP contribution >= 0.6 is 11.3 Å². The van der Waals surface area contributed by atoms with Crippen molar-refractivity contribution < 1.29 is 9.21 Å². The number of piperazine rings is 1. The standard InChI is InChI=1S/C13H15N3O2S/c1-10-2-3-11(18-10)12(17)15-5-7-16(8-6-15)13-14-4-9-19-13/h2-4,9H,5-8H2,1H3. The van der Waals surface area contributed by atoms with Crippen LogP contribution in [0.5, 0.6) is 0 Å². The monoisotopic (exact) mass is 277 g/mol. The molecule has 6 heteroatoms. The van der Waals surface area contributed by atoms with Crippen molar-refractivity contribution in [2.75, 3.05) is 31.1 Å². The summed E-state index contributed by atoms with van der Waals surface area (Å²) in [7, 11) is 0. The van der Waals surface area contributed by atoms with Crippen molar-refractivity contribution in [1.29, 1.82) is 0 Å². The minimum atomic E-state index is -0.0214. The van der Waals surface area contributed by atoms with E-state index >= 15 is 0 Å². The molecule has 0 bridgehead atoms. The Morgan fingerprint density at radius 3 is 2.68 bits per heavy atom.